The van der Waals surface area contributed by atoms with Crippen LogP contribution in [0.1, 0.15) is 12.8 Å². The Labute approximate surface area is 75.8 Å². The topological polar surface area (TPSA) is 75.1 Å². The second-order valence-corrected chi connectivity index (χ2v) is 2.52. The first-order valence-corrected chi connectivity index (χ1v) is 4.01. The van der Waals surface area contributed by atoms with Crippen LogP contribution in [0.5, 0.6) is 0 Å². The van der Waals surface area contributed by atoms with E-state index in [-0.39, 0.29) is 6.42 Å². The van der Waals surface area contributed by atoms with Gasteiger partial charge in [-0.2, -0.15) is 0 Å². The Morgan fingerprint density at radius 2 is 2.46 bits per heavy atom. The average Bonchev–Trinajstić information content (AvgIpc) is 2.14. The number of anilines is 1. The van der Waals surface area contributed by atoms with E-state index in [2.05, 4.69) is 15.3 Å². The molecule has 0 aliphatic rings. The lowest BCUT2D eigenvalue weighted by Crippen LogP contribution is -2.05. The van der Waals surface area contributed by atoms with Gasteiger partial charge in [0.1, 0.15) is 12.1 Å². The second kappa shape index (κ2) is 5.08. The van der Waals surface area contributed by atoms with E-state index in [1.807, 2.05) is 0 Å². The summed E-state index contributed by atoms with van der Waals surface area (Å²) in [5.74, 6) is -0.0510. The molecule has 5 heteroatoms. The molecule has 1 rings (SSSR count). The molecule has 0 amide bonds. The molecule has 0 aliphatic heterocycles. The SMILES string of the molecule is O=C(O)CCCNc1ccncn1. The molecule has 0 unspecified atom stereocenters. The lowest BCUT2D eigenvalue weighted by Gasteiger charge is -2.02. The maximum absolute atomic E-state index is 10.2. The highest BCUT2D eigenvalue weighted by Crippen LogP contribution is 1.98. The summed E-state index contributed by atoms with van der Waals surface area (Å²) in [6.07, 6.45) is 3.85. The third-order valence-electron chi connectivity index (χ3n) is 1.46. The fourth-order valence-corrected chi connectivity index (χ4v) is 0.851. The molecule has 0 fully saturated rings. The molecule has 0 atom stereocenters. The van der Waals surface area contributed by atoms with Gasteiger partial charge in [0, 0.05) is 19.2 Å². The highest BCUT2D eigenvalue weighted by molar-refractivity contribution is 5.66. The van der Waals surface area contributed by atoms with Gasteiger partial charge in [0.2, 0.25) is 0 Å². The monoisotopic (exact) mass is 181 g/mol. The molecule has 0 aromatic carbocycles. The molecule has 5 nitrogen and oxygen atoms in total. The zero-order valence-corrected chi connectivity index (χ0v) is 7.10. The molecule has 1 aromatic rings. The van der Waals surface area contributed by atoms with E-state index in [1.54, 1.807) is 12.3 Å². The van der Waals surface area contributed by atoms with Crippen molar-refractivity contribution in [3.63, 3.8) is 0 Å². The van der Waals surface area contributed by atoms with E-state index in [4.69, 9.17) is 5.11 Å². The Morgan fingerprint density at radius 3 is 3.08 bits per heavy atom. The van der Waals surface area contributed by atoms with E-state index in [0.717, 1.165) is 5.82 Å². The van der Waals surface area contributed by atoms with Crippen molar-refractivity contribution < 1.29 is 9.90 Å². The van der Waals surface area contributed by atoms with Crippen molar-refractivity contribution >= 4 is 11.8 Å². The van der Waals surface area contributed by atoms with Crippen molar-refractivity contribution in [1.29, 1.82) is 0 Å². The Hall–Kier alpha value is -1.65. The van der Waals surface area contributed by atoms with Crippen LogP contribution in [0.25, 0.3) is 0 Å². The van der Waals surface area contributed by atoms with E-state index in [1.165, 1.54) is 6.33 Å². The molecular weight excluding hydrogens is 170 g/mol. The zero-order chi connectivity index (χ0) is 9.52. The highest BCUT2D eigenvalue weighted by Gasteiger charge is 1.96. The van der Waals surface area contributed by atoms with Crippen LogP contribution >= 0.6 is 0 Å². The lowest BCUT2D eigenvalue weighted by atomic mass is 10.3. The third kappa shape index (κ3) is 4.05. The minimum atomic E-state index is -0.774. The van der Waals surface area contributed by atoms with Crippen molar-refractivity contribution in [1.82, 2.24) is 9.97 Å². The van der Waals surface area contributed by atoms with Crippen LogP contribution in [0.2, 0.25) is 0 Å². The summed E-state index contributed by atoms with van der Waals surface area (Å²) in [7, 11) is 0. The smallest absolute Gasteiger partial charge is 0.303 e. The number of carboxylic acid groups (broad SMARTS) is 1. The number of carboxylic acids is 1. The van der Waals surface area contributed by atoms with Crippen molar-refractivity contribution in [3.05, 3.63) is 18.6 Å². The van der Waals surface area contributed by atoms with Crippen LogP contribution in [0.3, 0.4) is 0 Å². The Kier molecular flexibility index (Phi) is 3.69. The van der Waals surface area contributed by atoms with E-state index >= 15 is 0 Å². The molecule has 0 saturated carbocycles. The highest BCUT2D eigenvalue weighted by atomic mass is 16.4. The predicted octanol–water partition coefficient (Wildman–Crippen LogP) is 0.753. The number of nitrogens with one attached hydrogen (secondary N) is 1. The van der Waals surface area contributed by atoms with Gasteiger partial charge >= 0.3 is 5.97 Å². The molecule has 0 bridgehead atoms. The lowest BCUT2D eigenvalue weighted by molar-refractivity contribution is -0.137. The summed E-state index contributed by atoms with van der Waals surface area (Å²) in [6, 6.07) is 1.74. The van der Waals surface area contributed by atoms with E-state index in [9.17, 15) is 4.79 Å². The minimum absolute atomic E-state index is 0.179. The summed E-state index contributed by atoms with van der Waals surface area (Å²) < 4.78 is 0. The first kappa shape index (κ1) is 9.44. The molecule has 70 valence electrons. The predicted molar refractivity (Wildman–Crippen MR) is 47.4 cm³/mol. The van der Waals surface area contributed by atoms with Gasteiger partial charge in [-0.15, -0.1) is 0 Å². The second-order valence-electron chi connectivity index (χ2n) is 2.52. The Balaban J connectivity index is 2.17. The summed E-state index contributed by atoms with van der Waals surface area (Å²) >= 11 is 0. The molecule has 13 heavy (non-hydrogen) atoms. The number of aliphatic carboxylic acids is 1. The van der Waals surface area contributed by atoms with Crippen molar-refractivity contribution in [2.24, 2.45) is 0 Å². The maximum atomic E-state index is 10.2. The van der Waals surface area contributed by atoms with Crippen molar-refractivity contribution in [3.8, 4) is 0 Å². The van der Waals surface area contributed by atoms with Crippen LogP contribution in [0.15, 0.2) is 18.6 Å². The number of hydrogen-bond acceptors (Lipinski definition) is 4. The van der Waals surface area contributed by atoms with Crippen molar-refractivity contribution in [2.75, 3.05) is 11.9 Å². The van der Waals surface area contributed by atoms with Gasteiger partial charge in [-0.1, -0.05) is 0 Å². The third-order valence-corrected chi connectivity index (χ3v) is 1.46. The number of nitrogens with zero attached hydrogens (tertiary/aromatic N) is 2. The number of rotatable bonds is 5. The van der Waals surface area contributed by atoms with Gasteiger partial charge in [0.25, 0.3) is 0 Å². The molecule has 0 saturated heterocycles. The Morgan fingerprint density at radius 1 is 1.62 bits per heavy atom. The van der Waals surface area contributed by atoms with Gasteiger partial charge in [-0.3, -0.25) is 4.79 Å². The largest absolute Gasteiger partial charge is 0.481 e. The normalized spacial score (nSPS) is 9.54. The quantitative estimate of drug-likeness (QED) is 0.656. The standard InChI is InChI=1S/C8H11N3O2/c12-8(13)2-1-4-10-7-3-5-9-6-11-7/h3,5-6H,1-2,4H2,(H,12,13)(H,9,10,11). The summed E-state index contributed by atoms with van der Waals surface area (Å²) in [5.41, 5.74) is 0. The first-order chi connectivity index (χ1) is 6.29. The average molecular weight is 181 g/mol. The summed E-state index contributed by atoms with van der Waals surface area (Å²) in [4.78, 5) is 17.8. The van der Waals surface area contributed by atoms with Crippen LogP contribution in [0.4, 0.5) is 5.82 Å². The molecular formula is C8H11N3O2. The molecule has 1 heterocycles. The van der Waals surface area contributed by atoms with Gasteiger partial charge in [-0.05, 0) is 12.5 Å². The summed E-state index contributed by atoms with van der Waals surface area (Å²) in [5, 5.41) is 11.3. The zero-order valence-electron chi connectivity index (χ0n) is 7.10. The van der Waals surface area contributed by atoms with Gasteiger partial charge in [0.15, 0.2) is 0 Å². The first-order valence-electron chi connectivity index (χ1n) is 4.01. The number of hydrogen-bond donors (Lipinski definition) is 2. The molecule has 0 aliphatic carbocycles. The van der Waals surface area contributed by atoms with Crippen molar-refractivity contribution in [2.45, 2.75) is 12.8 Å². The van der Waals surface area contributed by atoms with Crippen LogP contribution in [-0.4, -0.2) is 27.6 Å². The number of aromatic nitrogens is 2. The molecule has 0 radical (unpaired) electrons. The van der Waals surface area contributed by atoms with Gasteiger partial charge in [-0.25, -0.2) is 9.97 Å². The van der Waals surface area contributed by atoms with Crippen LogP contribution < -0.4 is 5.32 Å². The van der Waals surface area contributed by atoms with Gasteiger partial charge < -0.3 is 10.4 Å². The Bertz CT molecular complexity index is 263. The fraction of sp³-hybridized carbons (Fsp3) is 0.375. The summed E-state index contributed by atoms with van der Waals surface area (Å²) in [6.45, 7) is 0.614. The number of carbonyl (C=O) groups is 1. The van der Waals surface area contributed by atoms with E-state index in [0.29, 0.717) is 13.0 Å². The van der Waals surface area contributed by atoms with E-state index < -0.39 is 5.97 Å². The fourth-order valence-electron chi connectivity index (χ4n) is 0.851. The molecule has 1 aromatic heterocycles. The van der Waals surface area contributed by atoms with Crippen LogP contribution in [-0.2, 0) is 4.79 Å². The van der Waals surface area contributed by atoms with Crippen LogP contribution in [0, 0.1) is 0 Å². The molecule has 2 N–H and O–H groups in total. The van der Waals surface area contributed by atoms with Gasteiger partial charge in [0.05, 0.1) is 0 Å². The maximum Gasteiger partial charge on any atom is 0.303 e. The minimum Gasteiger partial charge on any atom is -0.481 e. The molecule has 0 spiro atoms.